The summed E-state index contributed by atoms with van der Waals surface area (Å²) < 4.78 is 21.9. The lowest BCUT2D eigenvalue weighted by atomic mass is 10.1. The molecule has 0 saturated carbocycles. The van der Waals surface area contributed by atoms with E-state index < -0.39 is 0 Å². The molecule has 1 aliphatic rings. The van der Waals surface area contributed by atoms with Crippen molar-refractivity contribution in [3.63, 3.8) is 0 Å². The number of nitrogens with zero attached hydrogens (tertiary/aromatic N) is 1. The van der Waals surface area contributed by atoms with Crippen molar-refractivity contribution >= 4 is 29.9 Å². The second-order valence-corrected chi connectivity index (χ2v) is 6.34. The molecule has 1 fully saturated rings. The highest BCUT2D eigenvalue weighted by Gasteiger charge is 2.13. The largest absolute Gasteiger partial charge is 0.497 e. The molecule has 1 heterocycles. The first-order valence-electron chi connectivity index (χ1n) is 9.69. The highest BCUT2D eigenvalue weighted by atomic mass is 127. The van der Waals surface area contributed by atoms with Crippen molar-refractivity contribution in [1.29, 1.82) is 0 Å². The van der Waals surface area contributed by atoms with Gasteiger partial charge in [-0.2, -0.15) is 0 Å². The minimum absolute atomic E-state index is 0. The molecule has 0 radical (unpaired) electrons. The molecule has 0 atom stereocenters. The number of ether oxygens (including phenoxy) is 4. The molecule has 28 heavy (non-hydrogen) atoms. The quantitative estimate of drug-likeness (QED) is 0.220. The molecular formula is C20H34IN3O4. The van der Waals surface area contributed by atoms with Gasteiger partial charge in [0.15, 0.2) is 5.96 Å². The van der Waals surface area contributed by atoms with E-state index in [1.54, 1.807) is 14.2 Å². The van der Waals surface area contributed by atoms with Crippen molar-refractivity contribution in [2.24, 2.45) is 4.99 Å². The van der Waals surface area contributed by atoms with Crippen molar-refractivity contribution < 1.29 is 18.9 Å². The summed E-state index contributed by atoms with van der Waals surface area (Å²) in [5, 5.41) is 6.63. The summed E-state index contributed by atoms with van der Waals surface area (Å²) in [6, 6.07) is 5.77. The van der Waals surface area contributed by atoms with Gasteiger partial charge in [0.25, 0.3) is 0 Å². The van der Waals surface area contributed by atoms with E-state index in [1.165, 1.54) is 0 Å². The lowest BCUT2D eigenvalue weighted by molar-refractivity contribution is -0.0320. The van der Waals surface area contributed by atoms with Gasteiger partial charge in [-0.05, 0) is 38.3 Å². The predicted octanol–water partition coefficient (Wildman–Crippen LogP) is 2.96. The van der Waals surface area contributed by atoms with Gasteiger partial charge < -0.3 is 29.6 Å². The molecule has 8 heteroatoms. The highest BCUT2D eigenvalue weighted by molar-refractivity contribution is 14.0. The molecule has 1 saturated heterocycles. The van der Waals surface area contributed by atoms with E-state index in [0.717, 1.165) is 75.2 Å². The maximum atomic E-state index is 5.90. The van der Waals surface area contributed by atoms with E-state index in [2.05, 4.69) is 22.5 Å². The predicted molar refractivity (Wildman–Crippen MR) is 122 cm³/mol. The van der Waals surface area contributed by atoms with Crippen LogP contribution in [0.15, 0.2) is 23.2 Å². The number of guanidine groups is 1. The monoisotopic (exact) mass is 507 g/mol. The zero-order valence-corrected chi connectivity index (χ0v) is 19.5. The molecular weight excluding hydrogens is 473 g/mol. The van der Waals surface area contributed by atoms with Gasteiger partial charge in [-0.3, -0.25) is 0 Å². The molecule has 0 spiro atoms. The summed E-state index contributed by atoms with van der Waals surface area (Å²) in [6.07, 6.45) is 3.29. The maximum absolute atomic E-state index is 5.90. The average Bonchev–Trinajstić information content (AvgIpc) is 2.72. The first-order valence-corrected chi connectivity index (χ1v) is 9.69. The Balaban J connectivity index is 0.00000392. The van der Waals surface area contributed by atoms with Crippen LogP contribution in [0.25, 0.3) is 0 Å². The SMILES string of the molecule is CCNC(=NCc1ccc(OC)cc1OC)NCCCOC1CCOCC1.I. The molecule has 0 aliphatic carbocycles. The van der Waals surface area contributed by atoms with Gasteiger partial charge in [0, 0.05) is 44.5 Å². The summed E-state index contributed by atoms with van der Waals surface area (Å²) in [5.74, 6) is 2.34. The van der Waals surface area contributed by atoms with Crippen molar-refractivity contribution in [2.45, 2.75) is 38.8 Å². The van der Waals surface area contributed by atoms with E-state index >= 15 is 0 Å². The average molecular weight is 507 g/mol. The number of methoxy groups -OCH3 is 2. The normalized spacial score (nSPS) is 14.9. The minimum Gasteiger partial charge on any atom is -0.497 e. The van der Waals surface area contributed by atoms with Crippen LogP contribution < -0.4 is 20.1 Å². The first-order chi connectivity index (χ1) is 13.3. The fourth-order valence-corrected chi connectivity index (χ4v) is 2.86. The zero-order valence-electron chi connectivity index (χ0n) is 17.2. The van der Waals surface area contributed by atoms with Gasteiger partial charge in [-0.25, -0.2) is 4.99 Å². The molecule has 0 unspecified atom stereocenters. The Morgan fingerprint density at radius 3 is 2.64 bits per heavy atom. The maximum Gasteiger partial charge on any atom is 0.191 e. The molecule has 160 valence electrons. The van der Waals surface area contributed by atoms with E-state index in [4.69, 9.17) is 18.9 Å². The summed E-state index contributed by atoms with van der Waals surface area (Å²) >= 11 is 0. The number of hydrogen-bond donors (Lipinski definition) is 2. The van der Waals surface area contributed by atoms with Crippen LogP contribution in [0.4, 0.5) is 0 Å². The number of halogens is 1. The number of benzene rings is 1. The van der Waals surface area contributed by atoms with Crippen LogP contribution in [-0.2, 0) is 16.0 Å². The minimum atomic E-state index is 0. The van der Waals surface area contributed by atoms with E-state index in [0.29, 0.717) is 12.6 Å². The van der Waals surface area contributed by atoms with Gasteiger partial charge in [-0.15, -0.1) is 24.0 Å². The standard InChI is InChI=1S/C20H33N3O4.HI/c1-4-21-20(22-10-5-11-27-17-8-12-26-13-9-17)23-15-16-6-7-18(24-2)14-19(16)25-3;/h6-7,14,17H,4-5,8-13,15H2,1-3H3,(H2,21,22,23);1H. The van der Waals surface area contributed by atoms with Crippen molar-refractivity contribution in [2.75, 3.05) is 47.1 Å². The summed E-state index contributed by atoms with van der Waals surface area (Å²) in [7, 11) is 3.30. The topological polar surface area (TPSA) is 73.3 Å². The molecule has 2 rings (SSSR count). The van der Waals surface area contributed by atoms with E-state index in [1.807, 2.05) is 18.2 Å². The Hall–Kier alpha value is -1.26. The van der Waals surface area contributed by atoms with Crippen LogP contribution in [0.5, 0.6) is 11.5 Å². The molecule has 0 bridgehead atoms. The van der Waals surface area contributed by atoms with Gasteiger partial charge in [0.2, 0.25) is 0 Å². The summed E-state index contributed by atoms with van der Waals surface area (Å²) in [5.41, 5.74) is 1.01. The van der Waals surface area contributed by atoms with Crippen LogP contribution in [0.1, 0.15) is 31.7 Å². The Bertz CT molecular complexity index is 581. The van der Waals surface area contributed by atoms with E-state index in [9.17, 15) is 0 Å². The molecule has 1 aliphatic heterocycles. The van der Waals surface area contributed by atoms with Crippen molar-refractivity contribution in [1.82, 2.24) is 10.6 Å². The first kappa shape index (κ1) is 24.8. The molecule has 7 nitrogen and oxygen atoms in total. The molecule has 2 N–H and O–H groups in total. The molecule has 0 aromatic heterocycles. The fraction of sp³-hybridized carbons (Fsp3) is 0.650. The number of rotatable bonds is 10. The molecule has 0 amide bonds. The molecule has 1 aromatic carbocycles. The number of hydrogen-bond acceptors (Lipinski definition) is 5. The summed E-state index contributed by atoms with van der Waals surface area (Å²) in [6.45, 7) is 6.59. The Morgan fingerprint density at radius 2 is 1.96 bits per heavy atom. The zero-order chi connectivity index (χ0) is 19.3. The Morgan fingerprint density at radius 1 is 1.18 bits per heavy atom. The third-order valence-electron chi connectivity index (χ3n) is 4.38. The number of nitrogens with one attached hydrogen (secondary N) is 2. The van der Waals surface area contributed by atoms with Crippen LogP contribution in [-0.4, -0.2) is 59.2 Å². The van der Waals surface area contributed by atoms with Crippen molar-refractivity contribution in [3.05, 3.63) is 23.8 Å². The third-order valence-corrected chi connectivity index (χ3v) is 4.38. The Labute approximate surface area is 185 Å². The van der Waals surface area contributed by atoms with Crippen LogP contribution in [0, 0.1) is 0 Å². The van der Waals surface area contributed by atoms with E-state index in [-0.39, 0.29) is 24.0 Å². The van der Waals surface area contributed by atoms with Gasteiger partial charge in [0.1, 0.15) is 11.5 Å². The lowest BCUT2D eigenvalue weighted by Crippen LogP contribution is -2.38. The van der Waals surface area contributed by atoms with Gasteiger partial charge in [-0.1, -0.05) is 0 Å². The van der Waals surface area contributed by atoms with Gasteiger partial charge >= 0.3 is 0 Å². The second kappa shape index (κ2) is 14.7. The smallest absolute Gasteiger partial charge is 0.191 e. The summed E-state index contributed by atoms with van der Waals surface area (Å²) in [4.78, 5) is 4.65. The molecule has 1 aromatic rings. The van der Waals surface area contributed by atoms with Gasteiger partial charge in [0.05, 0.1) is 26.9 Å². The van der Waals surface area contributed by atoms with Crippen LogP contribution in [0.3, 0.4) is 0 Å². The number of aliphatic imine (C=N–C) groups is 1. The fourth-order valence-electron chi connectivity index (χ4n) is 2.86. The van der Waals surface area contributed by atoms with Crippen molar-refractivity contribution in [3.8, 4) is 11.5 Å². The second-order valence-electron chi connectivity index (χ2n) is 6.34. The van der Waals surface area contributed by atoms with Crippen LogP contribution in [0.2, 0.25) is 0 Å². The Kier molecular flexibility index (Phi) is 13.0. The highest BCUT2D eigenvalue weighted by Crippen LogP contribution is 2.25. The van der Waals surface area contributed by atoms with Crippen LogP contribution >= 0.6 is 24.0 Å². The lowest BCUT2D eigenvalue weighted by Gasteiger charge is -2.22. The third kappa shape index (κ3) is 8.83.